The van der Waals surface area contributed by atoms with Crippen molar-refractivity contribution in [3.8, 4) is 17.1 Å². The number of carbonyl (C=O) groups is 1. The van der Waals surface area contributed by atoms with Crippen molar-refractivity contribution in [2.24, 2.45) is 5.92 Å². The number of para-hydroxylation sites is 1. The Morgan fingerprint density at radius 2 is 1.77 bits per heavy atom. The highest BCUT2D eigenvalue weighted by Gasteiger charge is 2.21. The largest absolute Gasteiger partial charge is 0.353 e. The van der Waals surface area contributed by atoms with Crippen LogP contribution in [0, 0.1) is 5.92 Å². The summed E-state index contributed by atoms with van der Waals surface area (Å²) in [6.45, 7) is 10.5. The Hall–Kier alpha value is -2.67. The van der Waals surface area contributed by atoms with Crippen molar-refractivity contribution < 1.29 is 4.79 Å². The lowest BCUT2D eigenvalue weighted by molar-refractivity contribution is -0.119. The molecule has 0 aliphatic heterocycles. The Balaban J connectivity index is 2.03. The van der Waals surface area contributed by atoms with Crippen LogP contribution in [0.3, 0.4) is 0 Å². The van der Waals surface area contributed by atoms with E-state index in [1.54, 1.807) is 12.4 Å². The van der Waals surface area contributed by atoms with E-state index in [0.717, 1.165) is 29.9 Å². The molecule has 0 fully saturated rings. The maximum atomic E-state index is 12.5. The van der Waals surface area contributed by atoms with Gasteiger partial charge in [0.1, 0.15) is 0 Å². The van der Waals surface area contributed by atoms with Gasteiger partial charge in [-0.25, -0.2) is 0 Å². The van der Waals surface area contributed by atoms with Crippen LogP contribution in [0.25, 0.3) is 17.1 Å². The molecule has 1 atom stereocenters. The van der Waals surface area contributed by atoms with Crippen LogP contribution in [0.4, 0.5) is 0 Å². The Labute approximate surface area is 188 Å². The molecule has 0 aliphatic carbocycles. The van der Waals surface area contributed by atoms with Gasteiger partial charge in [-0.15, -0.1) is 10.2 Å². The second-order valence-electron chi connectivity index (χ2n) is 7.90. The number of benzene rings is 1. The molecule has 0 saturated heterocycles. The SMILES string of the molecule is CCc1cccc(CC)c1-n1c(SCC(=O)NC(C)C(C)C)nnc1-c1cccnc1. The topological polar surface area (TPSA) is 72.7 Å². The summed E-state index contributed by atoms with van der Waals surface area (Å²) in [5.41, 5.74) is 4.45. The minimum Gasteiger partial charge on any atom is -0.353 e. The molecule has 0 radical (unpaired) electrons. The molecule has 1 unspecified atom stereocenters. The minimum atomic E-state index is 0.00293. The molecule has 2 aromatic heterocycles. The molecule has 0 spiro atoms. The molecule has 1 N–H and O–H groups in total. The number of hydrogen-bond acceptors (Lipinski definition) is 5. The lowest BCUT2D eigenvalue weighted by Gasteiger charge is -2.19. The highest BCUT2D eigenvalue weighted by Crippen LogP contribution is 2.32. The van der Waals surface area contributed by atoms with Crippen LogP contribution in [0.15, 0.2) is 47.9 Å². The Morgan fingerprint density at radius 3 is 2.35 bits per heavy atom. The molecule has 0 bridgehead atoms. The average molecular weight is 438 g/mol. The third-order valence-electron chi connectivity index (χ3n) is 5.46. The summed E-state index contributed by atoms with van der Waals surface area (Å²) in [4.78, 5) is 16.8. The van der Waals surface area contributed by atoms with E-state index >= 15 is 0 Å². The zero-order valence-electron chi connectivity index (χ0n) is 18.9. The van der Waals surface area contributed by atoms with Crippen molar-refractivity contribution >= 4 is 17.7 Å². The van der Waals surface area contributed by atoms with Crippen molar-refractivity contribution in [1.29, 1.82) is 0 Å². The number of nitrogens with one attached hydrogen (secondary N) is 1. The molecule has 6 nitrogen and oxygen atoms in total. The van der Waals surface area contributed by atoms with Crippen LogP contribution in [-0.2, 0) is 17.6 Å². The first-order chi connectivity index (χ1) is 15.0. The highest BCUT2D eigenvalue weighted by atomic mass is 32.2. The summed E-state index contributed by atoms with van der Waals surface area (Å²) in [5, 5.41) is 12.8. The molecular weight excluding hydrogens is 406 g/mol. The summed E-state index contributed by atoms with van der Waals surface area (Å²) in [6.07, 6.45) is 5.33. The average Bonchev–Trinajstić information content (AvgIpc) is 3.20. The van der Waals surface area contributed by atoms with E-state index in [2.05, 4.69) is 71.0 Å². The Morgan fingerprint density at radius 1 is 1.06 bits per heavy atom. The zero-order chi connectivity index (χ0) is 22.4. The fourth-order valence-corrected chi connectivity index (χ4v) is 4.09. The van der Waals surface area contributed by atoms with E-state index in [0.29, 0.717) is 11.1 Å². The summed E-state index contributed by atoms with van der Waals surface area (Å²) in [5.74, 6) is 1.42. The van der Waals surface area contributed by atoms with Crippen LogP contribution in [0.2, 0.25) is 0 Å². The van der Waals surface area contributed by atoms with E-state index < -0.39 is 0 Å². The van der Waals surface area contributed by atoms with Crippen molar-refractivity contribution in [1.82, 2.24) is 25.1 Å². The standard InChI is InChI=1S/C24H31N5OS/c1-6-18-10-8-11-19(7-2)22(18)29-23(20-12-9-13-25-14-20)27-28-24(29)31-15-21(30)26-17(5)16(3)4/h8-14,16-17H,6-7,15H2,1-5H3,(H,26,30). The molecule has 164 valence electrons. The van der Waals surface area contributed by atoms with Gasteiger partial charge in [-0.05, 0) is 48.9 Å². The molecular formula is C24H31N5OS. The van der Waals surface area contributed by atoms with Gasteiger partial charge in [0.2, 0.25) is 5.91 Å². The van der Waals surface area contributed by atoms with Gasteiger partial charge in [0.25, 0.3) is 0 Å². The van der Waals surface area contributed by atoms with E-state index in [1.807, 2.05) is 19.1 Å². The predicted octanol–water partition coefficient (Wildman–Crippen LogP) is 4.71. The zero-order valence-corrected chi connectivity index (χ0v) is 19.7. The first-order valence-corrected chi connectivity index (χ1v) is 11.8. The predicted molar refractivity (Wildman–Crippen MR) is 127 cm³/mol. The number of hydrogen-bond donors (Lipinski definition) is 1. The number of nitrogens with zero attached hydrogens (tertiary/aromatic N) is 4. The van der Waals surface area contributed by atoms with Gasteiger partial charge in [-0.2, -0.15) is 0 Å². The van der Waals surface area contributed by atoms with E-state index in [4.69, 9.17) is 0 Å². The molecule has 7 heteroatoms. The van der Waals surface area contributed by atoms with Crippen molar-refractivity contribution in [3.05, 3.63) is 53.9 Å². The smallest absolute Gasteiger partial charge is 0.230 e. The number of aromatic nitrogens is 4. The fourth-order valence-electron chi connectivity index (χ4n) is 3.34. The van der Waals surface area contributed by atoms with Crippen LogP contribution < -0.4 is 5.32 Å². The van der Waals surface area contributed by atoms with E-state index in [-0.39, 0.29) is 17.7 Å². The summed E-state index contributed by atoms with van der Waals surface area (Å²) < 4.78 is 2.10. The molecule has 0 saturated carbocycles. The number of rotatable bonds is 9. The van der Waals surface area contributed by atoms with Crippen molar-refractivity contribution in [2.45, 2.75) is 58.7 Å². The third kappa shape index (κ3) is 5.34. The number of pyridine rings is 1. The van der Waals surface area contributed by atoms with Gasteiger partial charge in [0.15, 0.2) is 11.0 Å². The Bertz CT molecular complexity index is 994. The first kappa shape index (κ1) is 23.0. The van der Waals surface area contributed by atoms with Gasteiger partial charge in [-0.3, -0.25) is 14.3 Å². The lowest BCUT2D eigenvalue weighted by atomic mass is 10.0. The van der Waals surface area contributed by atoms with Gasteiger partial charge in [0.05, 0.1) is 11.4 Å². The normalized spacial score (nSPS) is 12.2. The van der Waals surface area contributed by atoms with Crippen molar-refractivity contribution in [2.75, 3.05) is 5.75 Å². The van der Waals surface area contributed by atoms with Crippen LogP contribution in [-0.4, -0.2) is 37.5 Å². The molecule has 31 heavy (non-hydrogen) atoms. The molecule has 2 heterocycles. The molecule has 3 rings (SSSR count). The van der Waals surface area contributed by atoms with Gasteiger partial charge in [-0.1, -0.05) is 57.7 Å². The number of carbonyl (C=O) groups excluding carboxylic acids is 1. The van der Waals surface area contributed by atoms with Gasteiger partial charge < -0.3 is 5.32 Å². The van der Waals surface area contributed by atoms with Gasteiger partial charge >= 0.3 is 0 Å². The first-order valence-electron chi connectivity index (χ1n) is 10.8. The number of amides is 1. The second-order valence-corrected chi connectivity index (χ2v) is 8.85. The lowest BCUT2D eigenvalue weighted by Crippen LogP contribution is -2.37. The molecule has 3 aromatic rings. The number of thioether (sulfide) groups is 1. The molecule has 1 aromatic carbocycles. The van der Waals surface area contributed by atoms with Gasteiger partial charge in [0, 0.05) is 24.0 Å². The fraction of sp³-hybridized carbons (Fsp3) is 0.417. The maximum absolute atomic E-state index is 12.5. The monoisotopic (exact) mass is 437 g/mol. The van der Waals surface area contributed by atoms with E-state index in [9.17, 15) is 4.79 Å². The van der Waals surface area contributed by atoms with Crippen LogP contribution >= 0.6 is 11.8 Å². The molecule has 0 aliphatic rings. The minimum absolute atomic E-state index is 0.00293. The highest BCUT2D eigenvalue weighted by molar-refractivity contribution is 7.99. The Kier molecular flexibility index (Phi) is 7.85. The number of aryl methyl sites for hydroxylation is 2. The van der Waals surface area contributed by atoms with E-state index in [1.165, 1.54) is 22.9 Å². The molecule has 1 amide bonds. The maximum Gasteiger partial charge on any atom is 0.230 e. The van der Waals surface area contributed by atoms with Crippen LogP contribution in [0.1, 0.15) is 45.7 Å². The van der Waals surface area contributed by atoms with Crippen LogP contribution in [0.5, 0.6) is 0 Å². The van der Waals surface area contributed by atoms with Crippen molar-refractivity contribution in [3.63, 3.8) is 0 Å². The third-order valence-corrected chi connectivity index (χ3v) is 6.39. The summed E-state index contributed by atoms with van der Waals surface area (Å²) in [7, 11) is 0. The quantitative estimate of drug-likeness (QED) is 0.491. The second kappa shape index (κ2) is 10.6. The summed E-state index contributed by atoms with van der Waals surface area (Å²) in [6, 6.07) is 10.4. The summed E-state index contributed by atoms with van der Waals surface area (Å²) >= 11 is 1.41.